The van der Waals surface area contributed by atoms with Crippen LogP contribution < -0.4 is 4.74 Å². The molecule has 0 atom stereocenters. The minimum atomic E-state index is -0.615. The van der Waals surface area contributed by atoms with E-state index in [1.807, 2.05) is 6.07 Å². The summed E-state index contributed by atoms with van der Waals surface area (Å²) in [5.41, 5.74) is 0.680. The Morgan fingerprint density at radius 3 is 2.50 bits per heavy atom. The second-order valence-electron chi connectivity index (χ2n) is 3.58. The van der Waals surface area contributed by atoms with Crippen LogP contribution in [0.2, 0.25) is 0 Å². The van der Waals surface area contributed by atoms with Gasteiger partial charge in [-0.05, 0) is 26.0 Å². The number of hydrogen-bond acceptors (Lipinski definition) is 4. The van der Waals surface area contributed by atoms with Crippen LogP contribution in [0.1, 0.15) is 19.4 Å². The molecule has 0 N–H and O–H groups in total. The summed E-state index contributed by atoms with van der Waals surface area (Å²) in [6.07, 6.45) is 1.49. The molecule has 0 saturated carbocycles. The Hall–Kier alpha value is -2.10. The molecule has 18 heavy (non-hydrogen) atoms. The number of ketones is 1. The van der Waals surface area contributed by atoms with Gasteiger partial charge in [-0.3, -0.25) is 4.79 Å². The Labute approximate surface area is 106 Å². The van der Waals surface area contributed by atoms with E-state index in [1.54, 1.807) is 25.1 Å². The lowest BCUT2D eigenvalue weighted by Gasteiger charge is -2.06. The van der Waals surface area contributed by atoms with Gasteiger partial charge in [-0.15, -0.1) is 0 Å². The second kappa shape index (κ2) is 6.59. The van der Waals surface area contributed by atoms with Crippen LogP contribution >= 0.6 is 0 Å². The van der Waals surface area contributed by atoms with E-state index in [2.05, 4.69) is 0 Å². The zero-order chi connectivity index (χ0) is 13.5. The Morgan fingerprint density at radius 1 is 1.28 bits per heavy atom. The third-order valence-corrected chi connectivity index (χ3v) is 2.31. The molecule has 0 bridgehead atoms. The summed E-state index contributed by atoms with van der Waals surface area (Å²) in [6.45, 7) is 3.26. The van der Waals surface area contributed by atoms with E-state index in [1.165, 1.54) is 20.1 Å². The first-order valence-electron chi connectivity index (χ1n) is 5.63. The Bertz CT molecular complexity index is 474. The third-order valence-electron chi connectivity index (χ3n) is 2.31. The van der Waals surface area contributed by atoms with E-state index in [0.717, 1.165) is 0 Å². The summed E-state index contributed by atoms with van der Waals surface area (Å²) in [6, 6.07) is 7.14. The number of methoxy groups -OCH3 is 1. The first-order valence-corrected chi connectivity index (χ1v) is 5.63. The highest BCUT2D eigenvalue weighted by atomic mass is 16.5. The van der Waals surface area contributed by atoms with Crippen molar-refractivity contribution in [2.75, 3.05) is 13.7 Å². The molecule has 0 fully saturated rings. The van der Waals surface area contributed by atoms with Crippen LogP contribution in [-0.2, 0) is 14.3 Å². The molecule has 0 spiro atoms. The normalized spacial score (nSPS) is 10.9. The van der Waals surface area contributed by atoms with Crippen LogP contribution in [0.15, 0.2) is 29.8 Å². The van der Waals surface area contributed by atoms with Crippen LogP contribution in [0, 0.1) is 0 Å². The van der Waals surface area contributed by atoms with Crippen molar-refractivity contribution in [1.29, 1.82) is 0 Å². The van der Waals surface area contributed by atoms with Gasteiger partial charge in [0.05, 0.1) is 13.7 Å². The molecule has 0 aromatic heterocycles. The quantitative estimate of drug-likeness (QED) is 0.347. The van der Waals surface area contributed by atoms with Crippen molar-refractivity contribution in [3.05, 3.63) is 35.4 Å². The molecule has 0 aliphatic heterocycles. The minimum absolute atomic E-state index is 0.0151. The third kappa shape index (κ3) is 3.45. The largest absolute Gasteiger partial charge is 0.496 e. The highest BCUT2D eigenvalue weighted by molar-refractivity contribution is 6.19. The van der Waals surface area contributed by atoms with Gasteiger partial charge < -0.3 is 9.47 Å². The summed E-state index contributed by atoms with van der Waals surface area (Å²) in [4.78, 5) is 23.1. The molecule has 0 amide bonds. The standard InChI is InChI=1S/C14H16O4/c1-4-18-14(16)12(10(2)15)9-11-7-5-6-8-13(11)17-3/h5-9H,4H2,1-3H3/b12-9+. The summed E-state index contributed by atoms with van der Waals surface area (Å²) >= 11 is 0. The van der Waals surface area contributed by atoms with Crippen LogP contribution in [-0.4, -0.2) is 25.5 Å². The van der Waals surface area contributed by atoms with Gasteiger partial charge in [0.15, 0.2) is 5.78 Å². The smallest absolute Gasteiger partial charge is 0.341 e. The molecule has 0 radical (unpaired) electrons. The highest BCUT2D eigenvalue weighted by Crippen LogP contribution is 2.21. The first-order chi connectivity index (χ1) is 8.60. The van der Waals surface area contributed by atoms with Gasteiger partial charge in [0.2, 0.25) is 0 Å². The summed E-state index contributed by atoms with van der Waals surface area (Å²) in [5.74, 6) is -0.351. The van der Waals surface area contributed by atoms with Gasteiger partial charge in [0, 0.05) is 5.56 Å². The zero-order valence-electron chi connectivity index (χ0n) is 10.7. The average Bonchev–Trinajstić information content (AvgIpc) is 2.36. The number of esters is 1. The molecule has 0 aliphatic carbocycles. The number of hydrogen-bond donors (Lipinski definition) is 0. The Balaban J connectivity index is 3.16. The van der Waals surface area contributed by atoms with Gasteiger partial charge in [-0.25, -0.2) is 4.79 Å². The maximum atomic E-state index is 11.6. The van der Waals surface area contributed by atoms with Gasteiger partial charge in [0.1, 0.15) is 11.3 Å². The molecular weight excluding hydrogens is 232 g/mol. The lowest BCUT2D eigenvalue weighted by atomic mass is 10.1. The van der Waals surface area contributed by atoms with Crippen molar-refractivity contribution in [3.8, 4) is 5.75 Å². The van der Waals surface area contributed by atoms with E-state index in [0.29, 0.717) is 11.3 Å². The molecule has 4 nitrogen and oxygen atoms in total. The lowest BCUT2D eigenvalue weighted by Crippen LogP contribution is -2.13. The molecule has 96 valence electrons. The van der Waals surface area contributed by atoms with Gasteiger partial charge in [-0.1, -0.05) is 18.2 Å². The van der Waals surface area contributed by atoms with Crippen molar-refractivity contribution < 1.29 is 19.1 Å². The Morgan fingerprint density at radius 2 is 1.94 bits per heavy atom. The maximum absolute atomic E-state index is 11.6. The second-order valence-corrected chi connectivity index (χ2v) is 3.58. The molecule has 1 rings (SSSR count). The Kier molecular flexibility index (Phi) is 5.11. The summed E-state index contributed by atoms with van der Waals surface area (Å²) in [7, 11) is 1.53. The van der Waals surface area contributed by atoms with Crippen molar-refractivity contribution in [1.82, 2.24) is 0 Å². The van der Waals surface area contributed by atoms with Crippen LogP contribution in [0.3, 0.4) is 0 Å². The molecule has 0 saturated heterocycles. The maximum Gasteiger partial charge on any atom is 0.341 e. The first kappa shape index (κ1) is 14.0. The topological polar surface area (TPSA) is 52.6 Å². The number of carbonyl (C=O) groups excluding carboxylic acids is 2. The summed E-state index contributed by atoms with van der Waals surface area (Å²) in [5, 5.41) is 0. The fourth-order valence-corrected chi connectivity index (χ4v) is 1.45. The molecular formula is C14H16O4. The molecule has 0 heterocycles. The highest BCUT2D eigenvalue weighted by Gasteiger charge is 2.16. The van der Waals surface area contributed by atoms with E-state index in [9.17, 15) is 9.59 Å². The predicted octanol–water partition coefficient (Wildman–Crippen LogP) is 2.23. The number of para-hydroxylation sites is 1. The zero-order valence-corrected chi connectivity index (χ0v) is 10.7. The van der Waals surface area contributed by atoms with E-state index in [4.69, 9.17) is 9.47 Å². The van der Waals surface area contributed by atoms with Crippen LogP contribution in [0.4, 0.5) is 0 Å². The van der Waals surface area contributed by atoms with E-state index >= 15 is 0 Å². The fourth-order valence-electron chi connectivity index (χ4n) is 1.45. The molecule has 4 heteroatoms. The van der Waals surface area contributed by atoms with Crippen molar-refractivity contribution >= 4 is 17.8 Å². The van der Waals surface area contributed by atoms with Crippen LogP contribution in [0.5, 0.6) is 5.75 Å². The molecule has 1 aromatic rings. The van der Waals surface area contributed by atoms with E-state index < -0.39 is 5.97 Å². The molecule has 1 aromatic carbocycles. The minimum Gasteiger partial charge on any atom is -0.496 e. The predicted molar refractivity (Wildman–Crippen MR) is 68.3 cm³/mol. The monoisotopic (exact) mass is 248 g/mol. The fraction of sp³-hybridized carbons (Fsp3) is 0.286. The van der Waals surface area contributed by atoms with Gasteiger partial charge >= 0.3 is 5.97 Å². The number of benzene rings is 1. The number of Topliss-reactive ketones (excluding diaryl/α,β-unsaturated/α-hetero) is 1. The molecule has 0 aliphatic rings. The summed E-state index contributed by atoms with van der Waals surface area (Å²) < 4.78 is 10.00. The SMILES string of the molecule is CCOC(=O)/C(=C/c1ccccc1OC)C(C)=O. The van der Waals surface area contributed by atoms with Crippen molar-refractivity contribution in [2.24, 2.45) is 0 Å². The van der Waals surface area contributed by atoms with Crippen molar-refractivity contribution in [2.45, 2.75) is 13.8 Å². The number of rotatable bonds is 5. The molecule has 0 unspecified atom stereocenters. The van der Waals surface area contributed by atoms with Crippen molar-refractivity contribution in [3.63, 3.8) is 0 Å². The number of ether oxygens (including phenoxy) is 2. The lowest BCUT2D eigenvalue weighted by molar-refractivity contribution is -0.139. The van der Waals surface area contributed by atoms with Crippen LogP contribution in [0.25, 0.3) is 6.08 Å². The average molecular weight is 248 g/mol. The van der Waals surface area contributed by atoms with E-state index in [-0.39, 0.29) is 18.0 Å². The number of carbonyl (C=O) groups is 2. The van der Waals surface area contributed by atoms with Gasteiger partial charge in [-0.2, -0.15) is 0 Å². The van der Waals surface area contributed by atoms with Gasteiger partial charge in [0.25, 0.3) is 0 Å².